The predicted molar refractivity (Wildman–Crippen MR) is 73.1 cm³/mol. The molecule has 20 heavy (non-hydrogen) atoms. The summed E-state index contributed by atoms with van der Waals surface area (Å²) < 4.78 is 24.2. The highest BCUT2D eigenvalue weighted by Crippen LogP contribution is 2.37. The molecule has 0 N–H and O–H groups in total. The van der Waals surface area contributed by atoms with Crippen LogP contribution in [-0.4, -0.2) is 23.1 Å². The van der Waals surface area contributed by atoms with Crippen LogP contribution in [0.4, 0.5) is 5.82 Å². The van der Waals surface area contributed by atoms with Crippen molar-refractivity contribution >= 4 is 25.6 Å². The van der Waals surface area contributed by atoms with Crippen molar-refractivity contribution in [2.45, 2.75) is 44.0 Å². The lowest BCUT2D eigenvalue weighted by Crippen LogP contribution is -2.23. The first kappa shape index (κ1) is 15.2. The number of hydrogen-bond donors (Lipinski definition) is 0. The molecule has 2 unspecified atom stereocenters. The quantitative estimate of drug-likeness (QED) is 0.484. The number of nitrogens with zero attached hydrogens (tertiary/aromatic N) is 3. The second kappa shape index (κ2) is 5.33. The summed E-state index contributed by atoms with van der Waals surface area (Å²) in [4.78, 5) is 9.55. The van der Waals surface area contributed by atoms with Crippen molar-refractivity contribution < 1.29 is 13.3 Å². The fraction of sp³-hybridized carbons (Fsp3) is 0.727. The van der Waals surface area contributed by atoms with Gasteiger partial charge in [0.05, 0.1) is 17.3 Å². The highest BCUT2D eigenvalue weighted by atomic mass is 35.7. The molecule has 112 valence electrons. The lowest BCUT2D eigenvalue weighted by Gasteiger charge is -2.29. The minimum Gasteiger partial charge on any atom is -0.358 e. The van der Waals surface area contributed by atoms with Crippen molar-refractivity contribution in [1.82, 2.24) is 9.78 Å². The molecule has 9 heteroatoms. The van der Waals surface area contributed by atoms with Crippen LogP contribution in [0.2, 0.25) is 0 Å². The van der Waals surface area contributed by atoms with Crippen LogP contribution in [0.3, 0.4) is 0 Å². The van der Waals surface area contributed by atoms with Crippen LogP contribution in [-0.2, 0) is 9.05 Å². The van der Waals surface area contributed by atoms with Gasteiger partial charge in [0.2, 0.25) is 4.90 Å². The second-order valence-corrected chi connectivity index (χ2v) is 8.10. The van der Waals surface area contributed by atoms with E-state index >= 15 is 0 Å². The molecule has 0 spiro atoms. The second-order valence-electron chi connectivity index (χ2n) is 5.56. The molecule has 2 rings (SSSR count). The van der Waals surface area contributed by atoms with Crippen LogP contribution in [0, 0.1) is 22.0 Å². The summed E-state index contributed by atoms with van der Waals surface area (Å²) >= 11 is 0. The Kier molecular flexibility index (Phi) is 4.06. The standard InChI is InChI=1S/C11H16ClN3O4S/c1-7-3-8(2)5-9(4-7)14-6-10(20(12,18)19)11(13-14)15(16)17/h6-9H,3-5H2,1-2H3. The maximum absolute atomic E-state index is 11.4. The third-order valence-corrected chi connectivity index (χ3v) is 4.96. The van der Waals surface area contributed by atoms with Crippen LogP contribution in [0.5, 0.6) is 0 Å². The monoisotopic (exact) mass is 321 g/mol. The van der Waals surface area contributed by atoms with Gasteiger partial charge in [-0.3, -0.25) is 0 Å². The van der Waals surface area contributed by atoms with Crippen LogP contribution >= 0.6 is 10.7 Å². The van der Waals surface area contributed by atoms with Gasteiger partial charge in [-0.05, 0) is 36.0 Å². The number of nitro groups is 1. The van der Waals surface area contributed by atoms with Gasteiger partial charge < -0.3 is 10.1 Å². The van der Waals surface area contributed by atoms with E-state index in [4.69, 9.17) is 10.7 Å². The third kappa shape index (κ3) is 3.12. The maximum atomic E-state index is 11.4. The van der Waals surface area contributed by atoms with Crippen LogP contribution < -0.4 is 0 Å². The number of rotatable bonds is 3. The Morgan fingerprint density at radius 1 is 1.35 bits per heavy atom. The molecule has 0 bridgehead atoms. The smallest absolute Gasteiger partial charge is 0.358 e. The van der Waals surface area contributed by atoms with Gasteiger partial charge in [0.1, 0.15) is 0 Å². The Bertz CT molecular complexity index is 618. The fourth-order valence-electron chi connectivity index (χ4n) is 2.97. The molecule has 2 atom stereocenters. The SMILES string of the molecule is CC1CC(C)CC(n2cc(S(=O)(=O)Cl)c([N+](=O)[O-])n2)C1. The van der Waals surface area contributed by atoms with Gasteiger partial charge in [0, 0.05) is 10.7 Å². The van der Waals surface area contributed by atoms with Gasteiger partial charge in [-0.15, -0.1) is 0 Å². The molecule has 0 saturated heterocycles. The van der Waals surface area contributed by atoms with Crippen molar-refractivity contribution in [1.29, 1.82) is 0 Å². The largest absolute Gasteiger partial charge is 0.410 e. The van der Waals surface area contributed by atoms with Crippen LogP contribution in [0.15, 0.2) is 11.1 Å². The molecule has 1 aromatic rings. The molecular formula is C11H16ClN3O4S. The van der Waals surface area contributed by atoms with E-state index in [1.54, 1.807) is 0 Å². The minimum atomic E-state index is -4.18. The first-order valence-electron chi connectivity index (χ1n) is 6.36. The molecule has 1 fully saturated rings. The summed E-state index contributed by atoms with van der Waals surface area (Å²) in [5, 5.41) is 14.7. The Balaban J connectivity index is 2.41. The van der Waals surface area contributed by atoms with Gasteiger partial charge in [0.25, 0.3) is 9.05 Å². The number of aromatic nitrogens is 2. The van der Waals surface area contributed by atoms with Crippen LogP contribution in [0.1, 0.15) is 39.2 Å². The fourth-order valence-corrected chi connectivity index (χ4v) is 3.87. The predicted octanol–water partition coefficient (Wildman–Crippen LogP) is 2.72. The van der Waals surface area contributed by atoms with E-state index < -0.39 is 24.7 Å². The summed E-state index contributed by atoms with van der Waals surface area (Å²) in [6.45, 7) is 4.22. The number of hydrogen-bond acceptors (Lipinski definition) is 5. The maximum Gasteiger partial charge on any atom is 0.410 e. The summed E-state index contributed by atoms with van der Waals surface area (Å²) in [6, 6.07) is -0.0281. The van der Waals surface area contributed by atoms with Gasteiger partial charge in [0.15, 0.2) is 0 Å². The van der Waals surface area contributed by atoms with Crippen molar-refractivity contribution in [2.75, 3.05) is 0 Å². The van der Waals surface area contributed by atoms with E-state index in [0.717, 1.165) is 19.3 Å². The molecule has 0 aromatic carbocycles. The molecular weight excluding hydrogens is 306 g/mol. The summed E-state index contributed by atoms with van der Waals surface area (Å²) in [5.41, 5.74) is 0. The Morgan fingerprint density at radius 3 is 2.30 bits per heavy atom. The zero-order valence-electron chi connectivity index (χ0n) is 11.2. The highest BCUT2D eigenvalue weighted by Gasteiger charge is 2.34. The summed E-state index contributed by atoms with van der Waals surface area (Å²) in [5.74, 6) is 0.247. The molecule has 1 heterocycles. The normalized spacial score (nSPS) is 27.4. The van der Waals surface area contributed by atoms with Crippen molar-refractivity contribution in [3.05, 3.63) is 16.3 Å². The van der Waals surface area contributed by atoms with E-state index in [-0.39, 0.29) is 6.04 Å². The average molecular weight is 322 g/mol. The first-order chi connectivity index (χ1) is 9.18. The average Bonchev–Trinajstić information content (AvgIpc) is 2.71. The molecule has 0 amide bonds. The Hall–Kier alpha value is -1.15. The zero-order chi connectivity index (χ0) is 15.1. The van der Waals surface area contributed by atoms with Crippen molar-refractivity contribution in [3.63, 3.8) is 0 Å². The summed E-state index contributed by atoms with van der Waals surface area (Å²) in [7, 11) is 1.06. The van der Waals surface area contributed by atoms with Gasteiger partial charge in [-0.25, -0.2) is 8.42 Å². The lowest BCUT2D eigenvalue weighted by atomic mass is 9.80. The third-order valence-electron chi connectivity index (χ3n) is 3.64. The van der Waals surface area contributed by atoms with Gasteiger partial charge in [-0.1, -0.05) is 13.8 Å². The van der Waals surface area contributed by atoms with Crippen LogP contribution in [0.25, 0.3) is 0 Å². The molecule has 0 aliphatic heterocycles. The molecule has 7 nitrogen and oxygen atoms in total. The Labute approximate surface area is 121 Å². The molecule has 0 radical (unpaired) electrons. The van der Waals surface area contributed by atoms with E-state index in [1.807, 2.05) is 0 Å². The van der Waals surface area contributed by atoms with E-state index in [1.165, 1.54) is 10.9 Å². The topological polar surface area (TPSA) is 95.1 Å². The van der Waals surface area contributed by atoms with Crippen molar-refractivity contribution in [2.24, 2.45) is 11.8 Å². The zero-order valence-corrected chi connectivity index (χ0v) is 12.8. The molecule has 1 saturated carbocycles. The first-order valence-corrected chi connectivity index (χ1v) is 8.67. The molecule has 1 aliphatic carbocycles. The summed E-state index contributed by atoms with van der Waals surface area (Å²) in [6.07, 6.45) is 3.92. The van der Waals surface area contributed by atoms with E-state index in [9.17, 15) is 18.5 Å². The number of halogens is 1. The Morgan fingerprint density at radius 2 is 1.90 bits per heavy atom. The lowest BCUT2D eigenvalue weighted by molar-refractivity contribution is -0.392. The van der Waals surface area contributed by atoms with Crippen molar-refractivity contribution in [3.8, 4) is 0 Å². The van der Waals surface area contributed by atoms with Gasteiger partial charge >= 0.3 is 5.82 Å². The van der Waals surface area contributed by atoms with E-state index in [2.05, 4.69) is 18.9 Å². The molecule has 1 aliphatic rings. The molecule has 1 aromatic heterocycles. The van der Waals surface area contributed by atoms with E-state index in [0.29, 0.717) is 11.8 Å². The van der Waals surface area contributed by atoms with Gasteiger partial charge in [-0.2, -0.15) is 4.68 Å². The minimum absolute atomic E-state index is 0.0281. The highest BCUT2D eigenvalue weighted by molar-refractivity contribution is 8.13.